The molecular weight excluding hydrogens is 220 g/mol. The molecule has 3 aliphatic heterocycles. The van der Waals surface area contributed by atoms with Crippen molar-refractivity contribution in [1.82, 2.24) is 5.32 Å². The van der Waals surface area contributed by atoms with Gasteiger partial charge in [0.2, 0.25) is 0 Å². The Hall–Kier alpha value is -1.02. The fraction of sp³-hybridized carbons (Fsp3) is 0.625. The van der Waals surface area contributed by atoms with E-state index in [0.717, 1.165) is 5.92 Å². The van der Waals surface area contributed by atoms with Gasteiger partial charge in [0.15, 0.2) is 0 Å². The summed E-state index contributed by atoms with van der Waals surface area (Å²) >= 11 is 0. The molecule has 0 amide bonds. The molecule has 1 aromatic rings. The summed E-state index contributed by atoms with van der Waals surface area (Å²) in [6.07, 6.45) is 6.61. The Bertz CT molecular complexity index is 429. The minimum absolute atomic E-state index is 0.767. The smallest absolute Gasteiger partial charge is 0.0431 e. The summed E-state index contributed by atoms with van der Waals surface area (Å²) in [5.74, 6) is 0.767. The largest absolute Gasteiger partial charge is 0.371 e. The molecule has 2 heteroatoms. The second kappa shape index (κ2) is 4.27. The van der Waals surface area contributed by atoms with Gasteiger partial charge in [0.25, 0.3) is 0 Å². The van der Waals surface area contributed by atoms with Gasteiger partial charge in [-0.15, -0.1) is 0 Å². The van der Waals surface area contributed by atoms with Gasteiger partial charge in [-0.2, -0.15) is 0 Å². The second-order valence-corrected chi connectivity index (χ2v) is 6.07. The third-order valence-electron chi connectivity index (χ3n) is 4.89. The first-order valence-corrected chi connectivity index (χ1v) is 7.53. The molecule has 1 atom stereocenters. The third kappa shape index (κ3) is 1.66. The maximum Gasteiger partial charge on any atom is 0.0431 e. The summed E-state index contributed by atoms with van der Waals surface area (Å²) in [4.78, 5) is 2.63. The van der Waals surface area contributed by atoms with Crippen molar-refractivity contribution in [2.75, 3.05) is 31.1 Å². The highest BCUT2D eigenvalue weighted by Crippen LogP contribution is 2.38. The topological polar surface area (TPSA) is 15.3 Å². The molecule has 0 radical (unpaired) electrons. The van der Waals surface area contributed by atoms with E-state index >= 15 is 0 Å². The zero-order valence-electron chi connectivity index (χ0n) is 11.0. The Labute approximate surface area is 109 Å². The molecule has 1 aromatic carbocycles. The highest BCUT2D eigenvalue weighted by Gasteiger charge is 2.26. The molecule has 0 aromatic heterocycles. The lowest BCUT2D eigenvalue weighted by molar-refractivity contribution is 0.630. The van der Waals surface area contributed by atoms with Gasteiger partial charge in [0.05, 0.1) is 0 Å². The number of benzene rings is 1. The van der Waals surface area contributed by atoms with Crippen LogP contribution in [-0.2, 0) is 12.8 Å². The lowest BCUT2D eigenvalue weighted by atomic mass is 9.86. The van der Waals surface area contributed by atoms with Crippen molar-refractivity contribution in [3.63, 3.8) is 0 Å². The molecule has 4 rings (SSSR count). The average Bonchev–Trinajstić information content (AvgIpc) is 2.93. The van der Waals surface area contributed by atoms with E-state index in [-0.39, 0.29) is 0 Å². The quantitative estimate of drug-likeness (QED) is 0.814. The van der Waals surface area contributed by atoms with Crippen molar-refractivity contribution in [3.05, 3.63) is 28.8 Å². The molecule has 1 saturated heterocycles. The molecule has 0 bridgehead atoms. The van der Waals surface area contributed by atoms with Gasteiger partial charge in [-0.1, -0.05) is 12.1 Å². The number of rotatable bonds is 1. The summed E-state index contributed by atoms with van der Waals surface area (Å²) in [5, 5.41) is 3.50. The number of nitrogens with zero attached hydrogens (tertiary/aromatic N) is 1. The first kappa shape index (κ1) is 10.9. The Morgan fingerprint density at radius 2 is 1.78 bits per heavy atom. The molecule has 1 fully saturated rings. The van der Waals surface area contributed by atoms with Gasteiger partial charge in [0, 0.05) is 25.3 Å². The van der Waals surface area contributed by atoms with Crippen molar-refractivity contribution >= 4 is 5.69 Å². The zero-order chi connectivity index (χ0) is 11.9. The molecule has 1 unspecified atom stereocenters. The highest BCUT2D eigenvalue weighted by molar-refractivity contribution is 5.64. The maximum atomic E-state index is 3.50. The van der Waals surface area contributed by atoms with Crippen molar-refractivity contribution < 1.29 is 0 Å². The van der Waals surface area contributed by atoms with Gasteiger partial charge in [-0.05, 0) is 61.3 Å². The van der Waals surface area contributed by atoms with E-state index in [1.54, 1.807) is 22.4 Å². The fourth-order valence-electron chi connectivity index (χ4n) is 4.01. The van der Waals surface area contributed by atoms with Crippen LogP contribution in [0.15, 0.2) is 12.1 Å². The summed E-state index contributed by atoms with van der Waals surface area (Å²) in [6.45, 7) is 4.94. The number of nitrogens with one attached hydrogen (secondary N) is 1. The van der Waals surface area contributed by atoms with E-state index < -0.39 is 0 Å². The van der Waals surface area contributed by atoms with Crippen molar-refractivity contribution in [3.8, 4) is 0 Å². The average molecular weight is 242 g/mol. The molecule has 0 saturated carbocycles. The lowest BCUT2D eigenvalue weighted by Gasteiger charge is -2.37. The molecule has 1 N–H and O–H groups in total. The summed E-state index contributed by atoms with van der Waals surface area (Å²) in [6, 6.07) is 5.04. The van der Waals surface area contributed by atoms with Gasteiger partial charge in [0.1, 0.15) is 0 Å². The van der Waals surface area contributed by atoms with Gasteiger partial charge >= 0.3 is 0 Å². The Balaban J connectivity index is 1.79. The Morgan fingerprint density at radius 3 is 2.39 bits per heavy atom. The summed E-state index contributed by atoms with van der Waals surface area (Å²) in [7, 11) is 0. The van der Waals surface area contributed by atoms with Gasteiger partial charge < -0.3 is 10.2 Å². The van der Waals surface area contributed by atoms with E-state index in [0.29, 0.717) is 0 Å². The van der Waals surface area contributed by atoms with Crippen LogP contribution in [0.2, 0.25) is 0 Å². The standard InChI is InChI=1S/C16H22N2/c1-3-12-9-15(14-5-6-17-11-14)10-13-4-2-8-18(7-1)16(12)13/h9-10,14,17H,1-8,11H2. The minimum atomic E-state index is 0.767. The summed E-state index contributed by atoms with van der Waals surface area (Å²) < 4.78 is 0. The van der Waals surface area contributed by atoms with Gasteiger partial charge in [-0.3, -0.25) is 0 Å². The maximum absolute atomic E-state index is 3.50. The molecular formula is C16H22N2. The number of hydrogen-bond donors (Lipinski definition) is 1. The molecule has 2 nitrogen and oxygen atoms in total. The van der Waals surface area contributed by atoms with E-state index in [1.807, 2.05) is 0 Å². The van der Waals surface area contributed by atoms with Crippen LogP contribution in [0.3, 0.4) is 0 Å². The molecule has 18 heavy (non-hydrogen) atoms. The van der Waals surface area contributed by atoms with E-state index in [4.69, 9.17) is 0 Å². The molecule has 3 heterocycles. The normalized spacial score (nSPS) is 26.2. The van der Waals surface area contributed by atoms with Crippen LogP contribution in [0.1, 0.15) is 41.9 Å². The van der Waals surface area contributed by atoms with Crippen LogP contribution in [0, 0.1) is 0 Å². The first-order chi connectivity index (χ1) is 8.92. The monoisotopic (exact) mass is 242 g/mol. The van der Waals surface area contributed by atoms with Crippen LogP contribution >= 0.6 is 0 Å². The van der Waals surface area contributed by atoms with Crippen molar-refractivity contribution in [2.24, 2.45) is 0 Å². The molecule has 3 aliphatic rings. The Kier molecular flexibility index (Phi) is 2.58. The molecule has 0 aliphatic carbocycles. The summed E-state index contributed by atoms with van der Waals surface area (Å²) in [5.41, 5.74) is 6.50. The van der Waals surface area contributed by atoms with E-state index in [9.17, 15) is 0 Å². The van der Waals surface area contributed by atoms with Crippen LogP contribution in [-0.4, -0.2) is 26.2 Å². The second-order valence-electron chi connectivity index (χ2n) is 6.07. The Morgan fingerprint density at radius 1 is 1.06 bits per heavy atom. The SMILES string of the molecule is c1c(C2CCNC2)cc2c3c1CCCN3CCC2. The van der Waals surface area contributed by atoms with Crippen LogP contribution < -0.4 is 10.2 Å². The van der Waals surface area contributed by atoms with Crippen molar-refractivity contribution in [1.29, 1.82) is 0 Å². The predicted molar refractivity (Wildman–Crippen MR) is 75.5 cm³/mol. The zero-order valence-corrected chi connectivity index (χ0v) is 11.0. The number of hydrogen-bond acceptors (Lipinski definition) is 2. The number of anilines is 1. The third-order valence-corrected chi connectivity index (χ3v) is 4.89. The van der Waals surface area contributed by atoms with E-state index in [2.05, 4.69) is 22.3 Å². The molecule has 0 spiro atoms. The highest BCUT2D eigenvalue weighted by atomic mass is 15.1. The lowest BCUT2D eigenvalue weighted by Crippen LogP contribution is -2.34. The van der Waals surface area contributed by atoms with E-state index in [1.165, 1.54) is 58.3 Å². The fourth-order valence-corrected chi connectivity index (χ4v) is 4.01. The van der Waals surface area contributed by atoms with Crippen molar-refractivity contribution in [2.45, 2.75) is 38.0 Å². The van der Waals surface area contributed by atoms with Crippen LogP contribution in [0.5, 0.6) is 0 Å². The minimum Gasteiger partial charge on any atom is -0.371 e. The predicted octanol–water partition coefficient (Wildman–Crippen LogP) is 2.46. The van der Waals surface area contributed by atoms with Crippen LogP contribution in [0.4, 0.5) is 5.69 Å². The van der Waals surface area contributed by atoms with Crippen LogP contribution in [0.25, 0.3) is 0 Å². The first-order valence-electron chi connectivity index (χ1n) is 7.53. The molecule has 96 valence electrons. The number of aryl methyl sites for hydroxylation is 2. The van der Waals surface area contributed by atoms with Gasteiger partial charge in [-0.25, -0.2) is 0 Å².